The van der Waals surface area contributed by atoms with E-state index < -0.39 is 23.9 Å². The van der Waals surface area contributed by atoms with Crippen molar-refractivity contribution in [2.45, 2.75) is 58.2 Å². The number of hydrogen-bond donors (Lipinski definition) is 1. The van der Waals surface area contributed by atoms with Crippen LogP contribution < -0.4 is 5.73 Å². The lowest BCUT2D eigenvalue weighted by Crippen LogP contribution is -2.50. The largest absolute Gasteiger partial charge is 0.444 e. The van der Waals surface area contributed by atoms with Gasteiger partial charge in [0.05, 0.1) is 25.8 Å². The van der Waals surface area contributed by atoms with E-state index in [-0.39, 0.29) is 18.5 Å². The highest BCUT2D eigenvalue weighted by molar-refractivity contribution is 5.79. The quantitative estimate of drug-likeness (QED) is 0.293. The number of nitrogens with two attached hydrogens (primary N) is 1. The minimum atomic E-state index is -0.885. The van der Waals surface area contributed by atoms with Crippen LogP contribution in [0.4, 0.5) is 4.79 Å². The van der Waals surface area contributed by atoms with Gasteiger partial charge in [0, 0.05) is 33.9 Å². The molecular formula is C24H40N2O7. The fraction of sp³-hybridized carbons (Fsp3) is 0.667. The Morgan fingerprint density at radius 1 is 1.09 bits per heavy atom. The first-order chi connectivity index (χ1) is 15.6. The van der Waals surface area contributed by atoms with Gasteiger partial charge in [0.1, 0.15) is 5.60 Å². The van der Waals surface area contributed by atoms with Crippen LogP contribution in [0.1, 0.15) is 39.2 Å². The van der Waals surface area contributed by atoms with Gasteiger partial charge in [-0.3, -0.25) is 4.79 Å². The fourth-order valence-corrected chi connectivity index (χ4v) is 3.75. The van der Waals surface area contributed by atoms with Gasteiger partial charge in [-0.15, -0.1) is 0 Å². The summed E-state index contributed by atoms with van der Waals surface area (Å²) < 4.78 is 27.1. The molecule has 2 atom stereocenters. The van der Waals surface area contributed by atoms with Crippen molar-refractivity contribution in [1.82, 2.24) is 4.90 Å². The molecule has 0 saturated heterocycles. The van der Waals surface area contributed by atoms with Crippen LogP contribution in [0.25, 0.3) is 0 Å². The molecule has 9 nitrogen and oxygen atoms in total. The van der Waals surface area contributed by atoms with Crippen LogP contribution in [0, 0.1) is 5.92 Å². The smallest absolute Gasteiger partial charge is 0.405 e. The third kappa shape index (κ3) is 11.0. The average molecular weight is 469 g/mol. The number of primary amides is 1. The number of amides is 2. The van der Waals surface area contributed by atoms with E-state index in [0.29, 0.717) is 32.7 Å². The summed E-state index contributed by atoms with van der Waals surface area (Å²) in [5.41, 5.74) is 5.37. The number of ether oxygens (including phenoxy) is 5. The highest BCUT2D eigenvalue weighted by atomic mass is 16.7. The molecule has 188 valence electrons. The molecule has 0 aliphatic heterocycles. The Balaban J connectivity index is 2.90. The molecule has 9 heteroatoms. The van der Waals surface area contributed by atoms with Crippen LogP contribution in [-0.2, 0) is 35.1 Å². The Kier molecular flexibility index (Phi) is 13.0. The Morgan fingerprint density at radius 3 is 2.27 bits per heavy atom. The molecule has 0 fully saturated rings. The molecule has 0 heterocycles. The van der Waals surface area contributed by atoms with Crippen molar-refractivity contribution in [3.8, 4) is 0 Å². The molecule has 1 aromatic carbocycles. The zero-order valence-corrected chi connectivity index (χ0v) is 20.7. The predicted octanol–water partition coefficient (Wildman–Crippen LogP) is 2.96. The molecule has 1 rings (SSSR count). The molecule has 0 aromatic heterocycles. The molecule has 2 N–H and O–H groups in total. The minimum absolute atomic E-state index is 0.125. The third-order valence-corrected chi connectivity index (χ3v) is 5.26. The van der Waals surface area contributed by atoms with E-state index in [1.807, 2.05) is 30.3 Å². The number of carbonyl (C=O) groups is 2. The SMILES string of the molecule is COC[C@H](CCOCc1ccccc1)N(CC(OC)OC)C(=O)[C@@H](C)CC(C)(C)OC(N)=O. The summed E-state index contributed by atoms with van der Waals surface area (Å²) in [7, 11) is 4.65. The maximum absolute atomic E-state index is 13.5. The van der Waals surface area contributed by atoms with Crippen LogP contribution in [0.15, 0.2) is 30.3 Å². The third-order valence-electron chi connectivity index (χ3n) is 5.26. The van der Waals surface area contributed by atoms with Crippen molar-refractivity contribution >= 4 is 12.0 Å². The van der Waals surface area contributed by atoms with Gasteiger partial charge >= 0.3 is 6.09 Å². The minimum Gasteiger partial charge on any atom is -0.444 e. The van der Waals surface area contributed by atoms with Crippen molar-refractivity contribution in [1.29, 1.82) is 0 Å². The van der Waals surface area contributed by atoms with E-state index in [4.69, 9.17) is 29.4 Å². The molecule has 0 aliphatic carbocycles. The first-order valence-electron chi connectivity index (χ1n) is 11.1. The molecule has 1 aromatic rings. The molecule has 2 amide bonds. The number of carbonyl (C=O) groups excluding carboxylic acids is 2. The molecule has 0 radical (unpaired) electrons. The van der Waals surface area contributed by atoms with Gasteiger partial charge < -0.3 is 34.3 Å². The molecule has 0 aliphatic rings. The van der Waals surface area contributed by atoms with E-state index in [2.05, 4.69) is 0 Å². The first-order valence-corrected chi connectivity index (χ1v) is 11.1. The summed E-state index contributed by atoms with van der Waals surface area (Å²) in [5, 5.41) is 0. The highest BCUT2D eigenvalue weighted by Gasteiger charge is 2.34. The lowest BCUT2D eigenvalue weighted by Gasteiger charge is -2.36. The van der Waals surface area contributed by atoms with Gasteiger partial charge in [-0.1, -0.05) is 37.3 Å². The van der Waals surface area contributed by atoms with Gasteiger partial charge in [-0.2, -0.15) is 0 Å². The summed E-state index contributed by atoms with van der Waals surface area (Å²) in [6, 6.07) is 9.64. The summed E-state index contributed by atoms with van der Waals surface area (Å²) in [6.07, 6.45) is -0.593. The molecule has 0 bridgehead atoms. The van der Waals surface area contributed by atoms with Gasteiger partial charge in [-0.25, -0.2) is 4.79 Å². The summed E-state index contributed by atoms with van der Waals surface area (Å²) in [5.74, 6) is -0.571. The van der Waals surface area contributed by atoms with Gasteiger partial charge in [0.15, 0.2) is 6.29 Å². The van der Waals surface area contributed by atoms with Crippen molar-refractivity contribution in [2.24, 2.45) is 11.7 Å². The van der Waals surface area contributed by atoms with Crippen LogP contribution in [0.5, 0.6) is 0 Å². The molecule has 33 heavy (non-hydrogen) atoms. The molecule has 0 saturated carbocycles. The summed E-state index contributed by atoms with van der Waals surface area (Å²) >= 11 is 0. The normalized spacial score (nSPS) is 13.5. The van der Waals surface area contributed by atoms with Crippen LogP contribution in [-0.4, -0.2) is 75.9 Å². The predicted molar refractivity (Wildman–Crippen MR) is 124 cm³/mol. The lowest BCUT2D eigenvalue weighted by molar-refractivity contribution is -0.156. The number of hydrogen-bond acceptors (Lipinski definition) is 7. The number of benzene rings is 1. The second-order valence-electron chi connectivity index (χ2n) is 8.61. The maximum Gasteiger partial charge on any atom is 0.405 e. The van der Waals surface area contributed by atoms with Gasteiger partial charge in [0.25, 0.3) is 0 Å². The Labute approximate surface area is 197 Å². The Bertz CT molecular complexity index is 695. The molecule has 0 spiro atoms. The van der Waals surface area contributed by atoms with Crippen molar-refractivity contribution in [3.05, 3.63) is 35.9 Å². The second-order valence-corrected chi connectivity index (χ2v) is 8.61. The van der Waals surface area contributed by atoms with Crippen LogP contribution in [0.2, 0.25) is 0 Å². The standard InChI is InChI=1S/C24H40N2O7/c1-18(14-24(2,3)33-23(25)28)22(27)26(15-21(30-5)31-6)20(17-29-4)12-13-32-16-19-10-8-7-9-11-19/h7-11,18,20-21H,12-17H2,1-6H3,(H2,25,28)/t18-,20-/m0/s1. The van der Waals surface area contributed by atoms with Gasteiger partial charge in [0.2, 0.25) is 5.91 Å². The second kappa shape index (κ2) is 14.8. The van der Waals surface area contributed by atoms with Crippen molar-refractivity contribution in [3.63, 3.8) is 0 Å². The topological polar surface area (TPSA) is 110 Å². The van der Waals surface area contributed by atoms with E-state index in [0.717, 1.165) is 5.56 Å². The lowest BCUT2D eigenvalue weighted by atomic mass is 9.93. The highest BCUT2D eigenvalue weighted by Crippen LogP contribution is 2.24. The number of rotatable bonds is 16. The zero-order valence-electron chi connectivity index (χ0n) is 20.7. The van der Waals surface area contributed by atoms with E-state index >= 15 is 0 Å². The van der Waals surface area contributed by atoms with E-state index in [9.17, 15) is 9.59 Å². The fourth-order valence-electron chi connectivity index (χ4n) is 3.75. The zero-order chi connectivity index (χ0) is 24.9. The van der Waals surface area contributed by atoms with Crippen LogP contribution in [0.3, 0.4) is 0 Å². The average Bonchev–Trinajstić information content (AvgIpc) is 2.76. The first kappa shape index (κ1) is 28.8. The molecule has 0 unspecified atom stereocenters. The van der Waals surface area contributed by atoms with E-state index in [1.54, 1.807) is 32.8 Å². The maximum atomic E-state index is 13.5. The van der Waals surface area contributed by atoms with Crippen molar-refractivity contribution < 1.29 is 33.3 Å². The Morgan fingerprint density at radius 2 is 1.73 bits per heavy atom. The number of nitrogens with zero attached hydrogens (tertiary/aromatic N) is 1. The Hall–Kier alpha value is -2.20. The van der Waals surface area contributed by atoms with E-state index in [1.165, 1.54) is 14.2 Å². The molecular weight excluding hydrogens is 428 g/mol. The van der Waals surface area contributed by atoms with Crippen molar-refractivity contribution in [2.75, 3.05) is 41.1 Å². The number of methoxy groups -OCH3 is 3. The summed E-state index contributed by atoms with van der Waals surface area (Å²) in [6.45, 7) is 6.73. The monoisotopic (exact) mass is 468 g/mol. The summed E-state index contributed by atoms with van der Waals surface area (Å²) in [4.78, 5) is 26.4. The van der Waals surface area contributed by atoms with Crippen LogP contribution >= 0.6 is 0 Å². The van der Waals surface area contributed by atoms with Gasteiger partial charge in [-0.05, 0) is 32.3 Å².